The highest BCUT2D eigenvalue weighted by Crippen LogP contribution is 2.27. The van der Waals surface area contributed by atoms with E-state index < -0.39 is 10.0 Å². The molecule has 0 aliphatic carbocycles. The Balaban J connectivity index is 1.40. The van der Waals surface area contributed by atoms with Gasteiger partial charge in [-0.3, -0.25) is 4.79 Å². The molecule has 1 aromatic heterocycles. The monoisotopic (exact) mass is 503 g/mol. The van der Waals surface area contributed by atoms with Gasteiger partial charge in [0.05, 0.1) is 12.0 Å². The lowest BCUT2D eigenvalue weighted by atomic mass is 9.89. The summed E-state index contributed by atoms with van der Waals surface area (Å²) in [7, 11) is -2.27. The van der Waals surface area contributed by atoms with E-state index in [2.05, 4.69) is 9.88 Å². The molecule has 3 aromatic rings. The summed E-state index contributed by atoms with van der Waals surface area (Å²) in [6.45, 7) is 2.14. The van der Waals surface area contributed by atoms with Gasteiger partial charge in [-0.15, -0.1) is 11.3 Å². The molecule has 34 heavy (non-hydrogen) atoms. The minimum Gasteiger partial charge on any atom is -0.497 e. The van der Waals surface area contributed by atoms with Crippen LogP contribution in [0.1, 0.15) is 23.2 Å². The highest BCUT2D eigenvalue weighted by atomic mass is 32.2. The zero-order chi connectivity index (χ0) is 24.1. The molecular weight excluding hydrogens is 477 g/mol. The van der Waals surface area contributed by atoms with E-state index in [9.17, 15) is 17.6 Å². The minimum atomic E-state index is -3.80. The molecule has 10 heteroatoms. The molecular formula is C24H26FN3O4S2. The van der Waals surface area contributed by atoms with Gasteiger partial charge in [0.25, 0.3) is 10.0 Å². The van der Waals surface area contributed by atoms with Crippen molar-refractivity contribution >= 4 is 32.3 Å². The molecule has 1 fully saturated rings. The lowest BCUT2D eigenvalue weighted by Crippen LogP contribution is -2.42. The van der Waals surface area contributed by atoms with Gasteiger partial charge in [0.15, 0.2) is 10.9 Å². The molecule has 4 rings (SSSR count). The van der Waals surface area contributed by atoms with Crippen LogP contribution in [0.2, 0.25) is 0 Å². The third-order valence-electron chi connectivity index (χ3n) is 5.99. The van der Waals surface area contributed by atoms with Crippen molar-refractivity contribution in [3.05, 3.63) is 71.5 Å². The predicted molar refractivity (Wildman–Crippen MR) is 130 cm³/mol. The number of hydrogen-bond acceptors (Lipinski definition) is 7. The number of anilines is 1. The van der Waals surface area contributed by atoms with Crippen molar-refractivity contribution in [1.82, 2.24) is 9.88 Å². The molecule has 180 valence electrons. The quantitative estimate of drug-likeness (QED) is 0.410. The number of methoxy groups -OCH3 is 1. The molecule has 0 spiro atoms. The number of thiazole rings is 1. The van der Waals surface area contributed by atoms with Gasteiger partial charge in [-0.1, -0.05) is 0 Å². The van der Waals surface area contributed by atoms with Crippen LogP contribution in [0.5, 0.6) is 5.75 Å². The van der Waals surface area contributed by atoms with Gasteiger partial charge in [-0.05, 0) is 74.5 Å². The molecule has 0 N–H and O–H groups in total. The largest absolute Gasteiger partial charge is 0.497 e. The Hall–Kier alpha value is -2.82. The van der Waals surface area contributed by atoms with Crippen LogP contribution in [0.4, 0.5) is 9.52 Å². The number of sulfonamides is 1. The topological polar surface area (TPSA) is 79.8 Å². The number of Topliss-reactive ketones (excluding diaryl/α,β-unsaturated/α-hetero) is 1. The number of rotatable bonds is 9. The van der Waals surface area contributed by atoms with E-state index in [0.29, 0.717) is 48.9 Å². The second kappa shape index (κ2) is 10.6. The zero-order valence-electron chi connectivity index (χ0n) is 18.8. The normalized spacial score (nSPS) is 15.2. The van der Waals surface area contributed by atoms with Gasteiger partial charge in [-0.2, -0.15) is 0 Å². The number of ketones is 1. The summed E-state index contributed by atoms with van der Waals surface area (Å²) < 4.78 is 46.4. The van der Waals surface area contributed by atoms with Crippen LogP contribution in [-0.4, -0.2) is 57.4 Å². The van der Waals surface area contributed by atoms with Crippen LogP contribution >= 0.6 is 11.3 Å². The first-order chi connectivity index (χ1) is 16.4. The number of benzene rings is 2. The summed E-state index contributed by atoms with van der Waals surface area (Å²) in [5, 5.41) is 2.16. The fourth-order valence-electron chi connectivity index (χ4n) is 4.03. The molecule has 0 saturated carbocycles. The first-order valence-corrected chi connectivity index (χ1v) is 13.3. The summed E-state index contributed by atoms with van der Waals surface area (Å²) in [6.07, 6.45) is 2.94. The Morgan fingerprint density at radius 3 is 2.41 bits per heavy atom. The number of ether oxygens (including phenoxy) is 1. The van der Waals surface area contributed by atoms with Crippen molar-refractivity contribution in [3.63, 3.8) is 0 Å². The number of carbonyl (C=O) groups excluding carboxylic acids is 1. The molecule has 0 atom stereocenters. The standard InChI is InChI=1S/C24H26FN3O4S2/c1-32-21-6-8-22(9-7-21)34(30,31)28(24-26-12-17-33-24)16-15-27-13-10-19(11-14-27)23(29)18-2-4-20(25)5-3-18/h2-9,12,17,19H,10-11,13-16H2,1H3. The van der Waals surface area contributed by atoms with Crippen LogP contribution in [0.15, 0.2) is 65.0 Å². The van der Waals surface area contributed by atoms with E-state index in [1.54, 1.807) is 23.7 Å². The van der Waals surface area contributed by atoms with Gasteiger partial charge in [0.1, 0.15) is 11.6 Å². The van der Waals surface area contributed by atoms with Gasteiger partial charge in [-0.25, -0.2) is 22.1 Å². The van der Waals surface area contributed by atoms with Crippen molar-refractivity contribution in [1.29, 1.82) is 0 Å². The van der Waals surface area contributed by atoms with Gasteiger partial charge in [0.2, 0.25) is 0 Å². The van der Waals surface area contributed by atoms with Gasteiger partial charge < -0.3 is 9.64 Å². The van der Waals surface area contributed by atoms with E-state index in [-0.39, 0.29) is 29.0 Å². The maximum atomic E-state index is 13.4. The molecule has 2 heterocycles. The molecule has 0 bridgehead atoms. The Bertz CT molecular complexity index is 1190. The Morgan fingerprint density at radius 1 is 1.15 bits per heavy atom. The maximum Gasteiger partial charge on any atom is 0.266 e. The highest BCUT2D eigenvalue weighted by molar-refractivity contribution is 7.93. The van der Waals surface area contributed by atoms with E-state index in [0.717, 1.165) is 0 Å². The average molecular weight is 504 g/mol. The maximum absolute atomic E-state index is 13.4. The van der Waals surface area contributed by atoms with Crippen molar-refractivity contribution in [3.8, 4) is 5.75 Å². The smallest absolute Gasteiger partial charge is 0.266 e. The number of carbonyl (C=O) groups is 1. The molecule has 7 nitrogen and oxygen atoms in total. The molecule has 2 aromatic carbocycles. The van der Waals surface area contributed by atoms with Crippen LogP contribution in [0.25, 0.3) is 0 Å². The zero-order valence-corrected chi connectivity index (χ0v) is 20.4. The highest BCUT2D eigenvalue weighted by Gasteiger charge is 2.29. The number of aromatic nitrogens is 1. The van der Waals surface area contributed by atoms with Crippen LogP contribution in [0.3, 0.4) is 0 Å². The summed E-state index contributed by atoms with van der Waals surface area (Å²) in [6, 6.07) is 12.0. The molecule has 1 aliphatic heterocycles. The Labute approximate surface area is 202 Å². The summed E-state index contributed by atoms with van der Waals surface area (Å²) >= 11 is 1.27. The SMILES string of the molecule is COc1ccc(S(=O)(=O)N(CCN2CCC(C(=O)c3ccc(F)cc3)CC2)c2nccs2)cc1. The van der Waals surface area contributed by atoms with Crippen LogP contribution in [0, 0.1) is 11.7 Å². The molecule has 0 amide bonds. The van der Waals surface area contributed by atoms with Crippen molar-refractivity contribution in [2.45, 2.75) is 17.7 Å². The fraction of sp³-hybridized carbons (Fsp3) is 0.333. The molecule has 0 unspecified atom stereocenters. The number of hydrogen-bond donors (Lipinski definition) is 0. The minimum absolute atomic E-state index is 0.0335. The summed E-state index contributed by atoms with van der Waals surface area (Å²) in [5.74, 6) is 0.143. The average Bonchev–Trinajstić information content (AvgIpc) is 3.39. The van der Waals surface area contributed by atoms with E-state index >= 15 is 0 Å². The van der Waals surface area contributed by atoms with Gasteiger partial charge >= 0.3 is 0 Å². The second-order valence-electron chi connectivity index (χ2n) is 8.05. The second-order valence-corrected chi connectivity index (χ2v) is 10.8. The number of nitrogens with zero attached hydrogens (tertiary/aromatic N) is 3. The summed E-state index contributed by atoms with van der Waals surface area (Å²) in [5.41, 5.74) is 0.528. The number of piperidine rings is 1. The Morgan fingerprint density at radius 2 is 1.82 bits per heavy atom. The third-order valence-corrected chi connectivity index (χ3v) is 8.70. The number of likely N-dealkylation sites (tertiary alicyclic amines) is 1. The molecule has 0 radical (unpaired) electrons. The van der Waals surface area contributed by atoms with Crippen molar-refractivity contribution in [2.24, 2.45) is 5.92 Å². The lowest BCUT2D eigenvalue weighted by Gasteiger charge is -2.32. The van der Waals surface area contributed by atoms with E-state index in [1.165, 1.54) is 59.2 Å². The first kappa shape index (κ1) is 24.3. The third kappa shape index (κ3) is 5.45. The fourth-order valence-corrected chi connectivity index (χ4v) is 6.34. The Kier molecular flexibility index (Phi) is 7.60. The lowest BCUT2D eigenvalue weighted by molar-refractivity contribution is 0.0843. The summed E-state index contributed by atoms with van der Waals surface area (Å²) in [4.78, 5) is 19.3. The van der Waals surface area contributed by atoms with Crippen molar-refractivity contribution < 1.29 is 22.3 Å². The van der Waals surface area contributed by atoms with Crippen LogP contribution < -0.4 is 9.04 Å². The van der Waals surface area contributed by atoms with Crippen molar-refractivity contribution in [2.75, 3.05) is 37.6 Å². The number of halogens is 1. The predicted octanol–water partition coefficient (Wildman–Crippen LogP) is 4.08. The molecule has 1 saturated heterocycles. The van der Waals surface area contributed by atoms with Gasteiger partial charge in [0, 0.05) is 36.1 Å². The molecule has 1 aliphatic rings. The first-order valence-electron chi connectivity index (χ1n) is 11.0. The van der Waals surface area contributed by atoms with E-state index in [1.807, 2.05) is 0 Å². The van der Waals surface area contributed by atoms with Crippen LogP contribution in [-0.2, 0) is 10.0 Å². The van der Waals surface area contributed by atoms with E-state index in [4.69, 9.17) is 4.74 Å².